The third kappa shape index (κ3) is 3.17. The van der Waals surface area contributed by atoms with Gasteiger partial charge in [0.2, 0.25) is 0 Å². The molecule has 0 fully saturated rings. The Kier molecular flexibility index (Phi) is 3.81. The number of hydrogen-bond donors (Lipinski definition) is 1. The molecule has 0 aliphatic carbocycles. The molecule has 0 atom stereocenters. The Morgan fingerprint density at radius 2 is 2.14 bits per heavy atom. The molecule has 21 heavy (non-hydrogen) atoms. The summed E-state index contributed by atoms with van der Waals surface area (Å²) in [7, 11) is 0. The van der Waals surface area contributed by atoms with Gasteiger partial charge in [-0.3, -0.25) is 10.1 Å². The summed E-state index contributed by atoms with van der Waals surface area (Å²) in [6.45, 7) is 0. The van der Waals surface area contributed by atoms with Gasteiger partial charge in [0.25, 0.3) is 5.69 Å². The number of aromatic amines is 1. The first-order valence-electron chi connectivity index (χ1n) is 6.13. The lowest BCUT2D eigenvalue weighted by atomic mass is 10.2. The van der Waals surface area contributed by atoms with E-state index in [4.69, 9.17) is 11.6 Å². The molecule has 3 rings (SSSR count). The van der Waals surface area contributed by atoms with Gasteiger partial charge in [-0.25, -0.2) is 4.98 Å². The first kappa shape index (κ1) is 13.9. The van der Waals surface area contributed by atoms with Gasteiger partial charge in [0, 0.05) is 22.9 Å². The Bertz CT molecular complexity index is 819. The monoisotopic (exact) mass is 319 g/mol. The van der Waals surface area contributed by atoms with E-state index in [1.807, 2.05) is 18.2 Å². The zero-order valence-corrected chi connectivity index (χ0v) is 12.3. The number of nitrogens with one attached hydrogen (secondary N) is 1. The van der Waals surface area contributed by atoms with Crippen LogP contribution in [0, 0.1) is 10.1 Å². The maximum absolute atomic E-state index is 10.7. The molecule has 2 aromatic carbocycles. The van der Waals surface area contributed by atoms with Crippen LogP contribution in [-0.4, -0.2) is 14.9 Å². The zero-order chi connectivity index (χ0) is 14.8. The summed E-state index contributed by atoms with van der Waals surface area (Å²) in [6.07, 6.45) is 0. The van der Waals surface area contributed by atoms with Crippen LogP contribution >= 0.6 is 23.4 Å². The third-order valence-electron chi connectivity index (χ3n) is 2.92. The van der Waals surface area contributed by atoms with Gasteiger partial charge in [-0.05, 0) is 23.8 Å². The highest BCUT2D eigenvalue weighted by molar-refractivity contribution is 7.98. The summed E-state index contributed by atoms with van der Waals surface area (Å²) in [4.78, 5) is 18.0. The maximum Gasteiger partial charge on any atom is 0.269 e. The van der Waals surface area contributed by atoms with Crippen LogP contribution < -0.4 is 0 Å². The molecule has 7 heteroatoms. The minimum Gasteiger partial charge on any atom is -0.333 e. The highest BCUT2D eigenvalue weighted by Gasteiger charge is 2.08. The van der Waals surface area contributed by atoms with Gasteiger partial charge in [-0.15, -0.1) is 0 Å². The number of nitro benzene ring substituents is 1. The fraction of sp³-hybridized carbons (Fsp3) is 0.0714. The number of thioether (sulfide) groups is 1. The fourth-order valence-corrected chi connectivity index (χ4v) is 2.94. The molecule has 106 valence electrons. The molecule has 0 aliphatic heterocycles. The third-order valence-corrected chi connectivity index (χ3v) is 4.10. The van der Waals surface area contributed by atoms with Gasteiger partial charge >= 0.3 is 0 Å². The van der Waals surface area contributed by atoms with E-state index >= 15 is 0 Å². The highest BCUT2D eigenvalue weighted by atomic mass is 35.5. The lowest BCUT2D eigenvalue weighted by Crippen LogP contribution is -1.89. The molecular weight excluding hydrogens is 310 g/mol. The van der Waals surface area contributed by atoms with Gasteiger partial charge < -0.3 is 4.98 Å². The van der Waals surface area contributed by atoms with Crippen molar-refractivity contribution in [3.8, 4) is 0 Å². The van der Waals surface area contributed by atoms with E-state index < -0.39 is 4.92 Å². The van der Waals surface area contributed by atoms with Crippen molar-refractivity contribution in [1.29, 1.82) is 0 Å². The van der Waals surface area contributed by atoms with E-state index in [0.29, 0.717) is 10.8 Å². The standard InChI is InChI=1S/C14H10ClN3O2S/c15-10-4-5-12-13(7-10)17-14(16-12)21-8-9-2-1-3-11(6-9)18(19)20/h1-7H,8H2,(H,16,17). The molecule has 0 bridgehead atoms. The summed E-state index contributed by atoms with van der Waals surface area (Å²) in [5, 5.41) is 12.2. The first-order valence-corrected chi connectivity index (χ1v) is 7.49. The number of H-pyrrole nitrogens is 1. The highest BCUT2D eigenvalue weighted by Crippen LogP contribution is 2.25. The SMILES string of the molecule is O=[N+]([O-])c1cccc(CSc2nc3ccc(Cl)cc3[nH]2)c1. The molecule has 0 unspecified atom stereocenters. The number of fused-ring (bicyclic) bond motifs is 1. The van der Waals surface area contributed by atoms with Crippen LogP contribution in [0.3, 0.4) is 0 Å². The molecule has 0 aliphatic rings. The predicted octanol–water partition coefficient (Wildman–Crippen LogP) is 4.42. The van der Waals surface area contributed by atoms with E-state index in [-0.39, 0.29) is 5.69 Å². The molecule has 0 saturated carbocycles. The van der Waals surface area contributed by atoms with Crippen LogP contribution in [0.4, 0.5) is 5.69 Å². The molecular formula is C14H10ClN3O2S. The second-order valence-electron chi connectivity index (χ2n) is 4.42. The number of benzene rings is 2. The average Bonchev–Trinajstić information content (AvgIpc) is 2.87. The number of rotatable bonds is 4. The minimum absolute atomic E-state index is 0.101. The Labute approximate surface area is 129 Å². The zero-order valence-electron chi connectivity index (χ0n) is 10.7. The van der Waals surface area contributed by atoms with E-state index in [1.54, 1.807) is 18.2 Å². The average molecular weight is 320 g/mol. The summed E-state index contributed by atoms with van der Waals surface area (Å²) < 4.78 is 0. The summed E-state index contributed by atoms with van der Waals surface area (Å²) in [5.74, 6) is 0.606. The maximum atomic E-state index is 10.7. The second kappa shape index (κ2) is 5.75. The molecule has 0 saturated heterocycles. The number of imidazole rings is 1. The summed E-state index contributed by atoms with van der Waals surface area (Å²) in [6, 6.07) is 12.1. The lowest BCUT2D eigenvalue weighted by Gasteiger charge is -1.99. The Hall–Kier alpha value is -2.05. The number of nitro groups is 1. The Morgan fingerprint density at radius 1 is 1.29 bits per heavy atom. The van der Waals surface area contributed by atoms with Crippen LogP contribution in [0.2, 0.25) is 5.02 Å². The number of halogens is 1. The molecule has 5 nitrogen and oxygen atoms in total. The van der Waals surface area contributed by atoms with Crippen molar-refractivity contribution in [2.24, 2.45) is 0 Å². The molecule has 1 N–H and O–H groups in total. The van der Waals surface area contributed by atoms with Crippen LogP contribution in [0.15, 0.2) is 47.6 Å². The number of aromatic nitrogens is 2. The lowest BCUT2D eigenvalue weighted by molar-refractivity contribution is -0.384. The van der Waals surface area contributed by atoms with Crippen LogP contribution in [0.25, 0.3) is 11.0 Å². The van der Waals surface area contributed by atoms with Gasteiger partial charge in [0.1, 0.15) is 0 Å². The molecule has 0 radical (unpaired) electrons. The van der Waals surface area contributed by atoms with Crippen molar-refractivity contribution in [3.63, 3.8) is 0 Å². The number of hydrogen-bond acceptors (Lipinski definition) is 4. The van der Waals surface area contributed by atoms with Crippen LogP contribution in [-0.2, 0) is 5.75 Å². The largest absolute Gasteiger partial charge is 0.333 e. The van der Waals surface area contributed by atoms with Gasteiger partial charge in [-0.2, -0.15) is 0 Å². The Morgan fingerprint density at radius 3 is 2.95 bits per heavy atom. The van der Waals surface area contributed by atoms with Gasteiger partial charge in [0.15, 0.2) is 5.16 Å². The smallest absolute Gasteiger partial charge is 0.269 e. The van der Waals surface area contributed by atoms with Crippen molar-refractivity contribution in [2.45, 2.75) is 10.9 Å². The van der Waals surface area contributed by atoms with E-state index in [0.717, 1.165) is 21.8 Å². The molecule has 0 amide bonds. The first-order chi connectivity index (χ1) is 10.1. The number of nitrogens with zero attached hydrogens (tertiary/aromatic N) is 2. The quantitative estimate of drug-likeness (QED) is 0.439. The minimum atomic E-state index is -0.392. The summed E-state index contributed by atoms with van der Waals surface area (Å²) >= 11 is 7.42. The molecule has 1 heterocycles. The van der Waals surface area contributed by atoms with Crippen LogP contribution in [0.1, 0.15) is 5.56 Å². The van der Waals surface area contributed by atoms with Crippen molar-refractivity contribution < 1.29 is 4.92 Å². The van der Waals surface area contributed by atoms with Gasteiger partial charge in [-0.1, -0.05) is 35.5 Å². The molecule has 0 spiro atoms. The number of non-ortho nitro benzene ring substituents is 1. The van der Waals surface area contributed by atoms with E-state index in [2.05, 4.69) is 9.97 Å². The van der Waals surface area contributed by atoms with E-state index in [1.165, 1.54) is 17.8 Å². The second-order valence-corrected chi connectivity index (χ2v) is 5.82. The van der Waals surface area contributed by atoms with Crippen molar-refractivity contribution in [3.05, 3.63) is 63.2 Å². The topological polar surface area (TPSA) is 71.8 Å². The van der Waals surface area contributed by atoms with E-state index in [9.17, 15) is 10.1 Å². The predicted molar refractivity (Wildman–Crippen MR) is 83.8 cm³/mol. The molecule has 3 aromatic rings. The van der Waals surface area contributed by atoms with Gasteiger partial charge in [0.05, 0.1) is 16.0 Å². The normalized spacial score (nSPS) is 10.9. The van der Waals surface area contributed by atoms with Crippen molar-refractivity contribution in [1.82, 2.24) is 9.97 Å². The van der Waals surface area contributed by atoms with Crippen molar-refractivity contribution >= 4 is 40.1 Å². The molecule has 1 aromatic heterocycles. The fourth-order valence-electron chi connectivity index (χ4n) is 1.94. The Balaban J connectivity index is 1.77. The van der Waals surface area contributed by atoms with Crippen LogP contribution in [0.5, 0.6) is 0 Å². The van der Waals surface area contributed by atoms with Crippen molar-refractivity contribution in [2.75, 3.05) is 0 Å². The summed E-state index contributed by atoms with van der Waals surface area (Å²) in [5.41, 5.74) is 2.71.